The number of carbonyl (C=O) groups is 1. The monoisotopic (exact) mass is 385 g/mol. The van der Waals surface area contributed by atoms with Gasteiger partial charge in [-0.15, -0.1) is 0 Å². The van der Waals surface area contributed by atoms with Crippen molar-refractivity contribution in [2.75, 3.05) is 0 Å². The summed E-state index contributed by atoms with van der Waals surface area (Å²) in [4.78, 5) is 11.4. The van der Waals surface area contributed by atoms with E-state index in [2.05, 4.69) is 5.10 Å². The van der Waals surface area contributed by atoms with Gasteiger partial charge in [-0.1, -0.05) is 12.1 Å². The fraction of sp³-hybridized carbons (Fsp3) is 0.100. The lowest BCUT2D eigenvalue weighted by Crippen LogP contribution is -2.02. The molecule has 2 aromatic heterocycles. The van der Waals surface area contributed by atoms with Gasteiger partial charge in [0.2, 0.25) is 0 Å². The Bertz CT molecular complexity index is 1230. The summed E-state index contributed by atoms with van der Waals surface area (Å²) in [7, 11) is 1.75. The number of rotatable bonds is 4. The van der Waals surface area contributed by atoms with E-state index in [9.17, 15) is 23.1 Å². The van der Waals surface area contributed by atoms with Crippen LogP contribution in [0.4, 0.5) is 13.2 Å². The van der Waals surface area contributed by atoms with Gasteiger partial charge in [-0.25, -0.2) is 18.0 Å². The lowest BCUT2D eigenvalue weighted by molar-refractivity contribution is 0.0698. The molecule has 8 heteroatoms. The molecule has 28 heavy (non-hydrogen) atoms. The number of halogens is 3. The van der Waals surface area contributed by atoms with E-state index in [0.29, 0.717) is 5.56 Å². The highest BCUT2D eigenvalue weighted by Gasteiger charge is 2.21. The zero-order valence-corrected chi connectivity index (χ0v) is 14.7. The molecule has 0 saturated heterocycles. The fourth-order valence-electron chi connectivity index (χ4n) is 3.26. The maximum atomic E-state index is 14.6. The summed E-state index contributed by atoms with van der Waals surface area (Å²) >= 11 is 0. The van der Waals surface area contributed by atoms with Gasteiger partial charge in [0.05, 0.1) is 29.2 Å². The van der Waals surface area contributed by atoms with E-state index >= 15 is 0 Å². The van der Waals surface area contributed by atoms with E-state index in [-0.39, 0.29) is 28.6 Å². The van der Waals surface area contributed by atoms with E-state index in [0.717, 1.165) is 23.9 Å². The van der Waals surface area contributed by atoms with Gasteiger partial charge in [0.1, 0.15) is 17.5 Å². The van der Waals surface area contributed by atoms with Crippen LogP contribution in [0.3, 0.4) is 0 Å². The number of aromatic carboxylic acids is 1. The lowest BCUT2D eigenvalue weighted by atomic mass is 10.1. The number of aromatic nitrogens is 3. The van der Waals surface area contributed by atoms with Gasteiger partial charge in [0.15, 0.2) is 0 Å². The summed E-state index contributed by atoms with van der Waals surface area (Å²) in [5, 5.41) is 13.0. The molecule has 0 atom stereocenters. The van der Waals surface area contributed by atoms with Crippen LogP contribution in [-0.4, -0.2) is 25.4 Å². The summed E-state index contributed by atoms with van der Waals surface area (Å²) in [5.41, 5.74) is 0.980. The normalized spacial score (nSPS) is 11.3. The fourth-order valence-corrected chi connectivity index (χ4v) is 3.26. The molecule has 2 aromatic carbocycles. The van der Waals surface area contributed by atoms with E-state index < -0.39 is 23.4 Å². The molecule has 1 N–H and O–H groups in total. The second-order valence-electron chi connectivity index (χ2n) is 6.44. The average Bonchev–Trinajstić information content (AvgIpc) is 3.25. The van der Waals surface area contributed by atoms with Crippen LogP contribution < -0.4 is 0 Å². The lowest BCUT2D eigenvalue weighted by Gasteiger charge is -2.09. The number of hydrogen-bond donors (Lipinski definition) is 1. The van der Waals surface area contributed by atoms with Crippen LogP contribution in [0.5, 0.6) is 0 Å². The molecule has 2 heterocycles. The van der Waals surface area contributed by atoms with Crippen LogP contribution in [0, 0.1) is 17.5 Å². The smallest absolute Gasteiger partial charge is 0.337 e. The Balaban J connectivity index is 1.78. The molecule has 4 aromatic rings. The molecular weight excluding hydrogens is 371 g/mol. The number of fused-ring (bicyclic) bond motifs is 1. The Labute approximate surface area is 157 Å². The first-order chi connectivity index (χ1) is 13.3. The highest BCUT2D eigenvalue weighted by Crippen LogP contribution is 2.29. The van der Waals surface area contributed by atoms with E-state index in [1.807, 2.05) is 0 Å². The molecular formula is C20H14F3N3O2. The number of benzene rings is 2. The number of carboxylic acid groups (broad SMARTS) is 1. The van der Waals surface area contributed by atoms with Crippen molar-refractivity contribution in [1.29, 1.82) is 0 Å². The largest absolute Gasteiger partial charge is 0.478 e. The van der Waals surface area contributed by atoms with Crippen molar-refractivity contribution < 1.29 is 23.1 Å². The van der Waals surface area contributed by atoms with Gasteiger partial charge in [-0.3, -0.25) is 4.68 Å². The molecule has 0 bridgehead atoms. The van der Waals surface area contributed by atoms with Gasteiger partial charge < -0.3 is 9.67 Å². The predicted molar refractivity (Wildman–Crippen MR) is 96.5 cm³/mol. The third kappa shape index (κ3) is 2.92. The molecule has 4 rings (SSSR count). The molecule has 0 fully saturated rings. The van der Waals surface area contributed by atoms with Crippen molar-refractivity contribution in [3.05, 3.63) is 77.5 Å². The quantitative estimate of drug-likeness (QED) is 0.573. The number of hydrogen-bond acceptors (Lipinski definition) is 2. The first-order valence-corrected chi connectivity index (χ1v) is 8.32. The van der Waals surface area contributed by atoms with Gasteiger partial charge >= 0.3 is 5.97 Å². The molecule has 0 aliphatic rings. The van der Waals surface area contributed by atoms with Crippen LogP contribution in [0.25, 0.3) is 22.0 Å². The minimum atomic E-state index is -1.39. The Hall–Kier alpha value is -3.55. The first kappa shape index (κ1) is 17.8. The topological polar surface area (TPSA) is 60.0 Å². The van der Waals surface area contributed by atoms with Gasteiger partial charge in [-0.05, 0) is 23.8 Å². The summed E-state index contributed by atoms with van der Waals surface area (Å²) in [6, 6.07) is 6.34. The van der Waals surface area contributed by atoms with Crippen molar-refractivity contribution in [2.45, 2.75) is 6.54 Å². The predicted octanol–water partition coefficient (Wildman–Crippen LogP) is 4.21. The zero-order valence-electron chi connectivity index (χ0n) is 14.7. The molecule has 0 spiro atoms. The highest BCUT2D eigenvalue weighted by molar-refractivity contribution is 6.04. The molecule has 0 saturated carbocycles. The van der Waals surface area contributed by atoms with E-state index in [1.54, 1.807) is 30.2 Å². The van der Waals surface area contributed by atoms with Crippen LogP contribution in [0.2, 0.25) is 0 Å². The zero-order chi connectivity index (χ0) is 20.0. The Morgan fingerprint density at radius 1 is 1.04 bits per heavy atom. The highest BCUT2D eigenvalue weighted by atomic mass is 19.1. The molecule has 5 nitrogen and oxygen atoms in total. The summed E-state index contributed by atoms with van der Waals surface area (Å²) < 4.78 is 45.9. The van der Waals surface area contributed by atoms with Gasteiger partial charge in [0.25, 0.3) is 0 Å². The minimum absolute atomic E-state index is 0.149. The second-order valence-corrected chi connectivity index (χ2v) is 6.44. The van der Waals surface area contributed by atoms with Crippen LogP contribution >= 0.6 is 0 Å². The van der Waals surface area contributed by atoms with Crippen LogP contribution in [-0.2, 0) is 13.6 Å². The standard InChI is InChI=1S/C20H14F3N3O2/c1-25-8-13(7-24-25)11-2-3-12(17(23)6-11)9-26-10-14(20(27)28)18-15(21)4-5-16(22)19(18)26/h2-8,10H,9H2,1H3,(H,27,28). The summed E-state index contributed by atoms with van der Waals surface area (Å²) in [6.45, 7) is -0.149. The Morgan fingerprint density at radius 3 is 2.43 bits per heavy atom. The number of nitrogens with zero attached hydrogens (tertiary/aromatic N) is 3. The van der Waals surface area contributed by atoms with E-state index in [1.165, 1.54) is 16.7 Å². The molecule has 0 aliphatic carbocycles. The number of carboxylic acids is 1. The second kappa shape index (κ2) is 6.56. The summed E-state index contributed by atoms with van der Waals surface area (Å²) in [6.07, 6.45) is 4.46. The maximum Gasteiger partial charge on any atom is 0.337 e. The minimum Gasteiger partial charge on any atom is -0.478 e. The van der Waals surface area contributed by atoms with Crippen molar-refractivity contribution >= 4 is 16.9 Å². The maximum absolute atomic E-state index is 14.6. The third-order valence-electron chi connectivity index (χ3n) is 4.58. The Kier molecular flexibility index (Phi) is 4.18. The molecule has 0 amide bonds. The SMILES string of the molecule is Cn1cc(-c2ccc(Cn3cc(C(=O)O)c4c(F)ccc(F)c43)c(F)c2)cn1. The van der Waals surface area contributed by atoms with Crippen LogP contribution in [0.1, 0.15) is 15.9 Å². The average molecular weight is 385 g/mol. The van der Waals surface area contributed by atoms with Crippen LogP contribution in [0.15, 0.2) is 48.9 Å². The molecule has 0 unspecified atom stereocenters. The first-order valence-electron chi connectivity index (χ1n) is 8.32. The number of aryl methyl sites for hydroxylation is 1. The summed E-state index contributed by atoms with van der Waals surface area (Å²) in [5.74, 6) is -3.56. The van der Waals surface area contributed by atoms with Gasteiger partial charge in [-0.2, -0.15) is 5.10 Å². The van der Waals surface area contributed by atoms with Crippen molar-refractivity contribution in [2.24, 2.45) is 7.05 Å². The van der Waals surface area contributed by atoms with Crippen molar-refractivity contribution in [3.8, 4) is 11.1 Å². The van der Waals surface area contributed by atoms with Crippen molar-refractivity contribution in [1.82, 2.24) is 14.3 Å². The Morgan fingerprint density at radius 2 is 1.79 bits per heavy atom. The van der Waals surface area contributed by atoms with Crippen molar-refractivity contribution in [3.63, 3.8) is 0 Å². The van der Waals surface area contributed by atoms with Gasteiger partial charge in [0, 0.05) is 30.6 Å². The third-order valence-corrected chi connectivity index (χ3v) is 4.58. The van der Waals surface area contributed by atoms with E-state index in [4.69, 9.17) is 0 Å². The molecule has 142 valence electrons. The molecule has 0 radical (unpaired) electrons. The molecule has 0 aliphatic heterocycles.